The van der Waals surface area contributed by atoms with Gasteiger partial charge in [0.15, 0.2) is 11.7 Å². The second kappa shape index (κ2) is 7.66. The summed E-state index contributed by atoms with van der Waals surface area (Å²) >= 11 is 1.32. The molecule has 0 aliphatic carbocycles. The van der Waals surface area contributed by atoms with Crippen molar-refractivity contribution in [2.24, 2.45) is 0 Å². The average Bonchev–Trinajstić information content (AvgIpc) is 3.12. The van der Waals surface area contributed by atoms with Gasteiger partial charge in [-0.1, -0.05) is 41.7 Å². The number of carbonyl (C=O) groups excluding carboxylic acids is 2. The van der Waals surface area contributed by atoms with Gasteiger partial charge in [0.1, 0.15) is 5.75 Å². The van der Waals surface area contributed by atoms with Gasteiger partial charge in [-0.2, -0.15) is 0 Å². The van der Waals surface area contributed by atoms with Crippen LogP contribution < -0.4 is 10.1 Å². The second-order valence-electron chi connectivity index (χ2n) is 6.04. The van der Waals surface area contributed by atoms with Gasteiger partial charge in [-0.15, -0.1) is 0 Å². The first kappa shape index (κ1) is 17.9. The van der Waals surface area contributed by atoms with Crippen LogP contribution in [0.4, 0.5) is 5.13 Å². The van der Waals surface area contributed by atoms with E-state index in [1.807, 2.05) is 42.5 Å². The molecule has 6 nitrogen and oxygen atoms in total. The molecule has 0 aliphatic rings. The largest absolute Gasteiger partial charge is 0.497 e. The van der Waals surface area contributed by atoms with Crippen molar-refractivity contribution in [2.45, 2.75) is 0 Å². The third-order valence-electron chi connectivity index (χ3n) is 4.16. The zero-order valence-electron chi connectivity index (χ0n) is 15.0. The van der Waals surface area contributed by atoms with Crippen molar-refractivity contribution < 1.29 is 19.1 Å². The molecule has 1 N–H and O–H groups in total. The number of carbonyl (C=O) groups is 2. The van der Waals surface area contributed by atoms with Crippen molar-refractivity contribution in [1.29, 1.82) is 0 Å². The fourth-order valence-corrected chi connectivity index (χ4v) is 3.68. The average molecular weight is 392 g/mol. The summed E-state index contributed by atoms with van der Waals surface area (Å²) in [5.41, 5.74) is 1.16. The lowest BCUT2D eigenvalue weighted by Gasteiger charge is -2.05. The van der Waals surface area contributed by atoms with Crippen LogP contribution in [0, 0.1) is 0 Å². The highest BCUT2D eigenvalue weighted by molar-refractivity contribution is 7.22. The number of fused-ring (bicyclic) bond motifs is 2. The minimum Gasteiger partial charge on any atom is -0.497 e. The first-order chi connectivity index (χ1) is 13.6. The van der Waals surface area contributed by atoms with Crippen molar-refractivity contribution in [3.63, 3.8) is 0 Å². The van der Waals surface area contributed by atoms with Crippen molar-refractivity contribution in [3.8, 4) is 5.75 Å². The van der Waals surface area contributed by atoms with Gasteiger partial charge in [-0.3, -0.25) is 10.1 Å². The summed E-state index contributed by atoms with van der Waals surface area (Å²) in [5, 5.41) is 5.06. The summed E-state index contributed by atoms with van der Waals surface area (Å²) in [4.78, 5) is 28.7. The van der Waals surface area contributed by atoms with Crippen LogP contribution in [0.2, 0.25) is 0 Å². The Morgan fingerprint density at radius 2 is 1.86 bits per heavy atom. The molecule has 0 aliphatic heterocycles. The molecule has 7 heteroatoms. The molecular weight excluding hydrogens is 376 g/mol. The van der Waals surface area contributed by atoms with Crippen LogP contribution in [0.25, 0.3) is 21.0 Å². The van der Waals surface area contributed by atoms with Crippen molar-refractivity contribution in [2.75, 3.05) is 19.0 Å². The third-order valence-corrected chi connectivity index (χ3v) is 5.10. The number of rotatable bonds is 5. The number of anilines is 1. The van der Waals surface area contributed by atoms with Crippen LogP contribution in [0.15, 0.2) is 60.7 Å². The van der Waals surface area contributed by atoms with Crippen LogP contribution >= 0.6 is 11.3 Å². The van der Waals surface area contributed by atoms with E-state index in [9.17, 15) is 9.59 Å². The molecule has 0 atom stereocenters. The second-order valence-corrected chi connectivity index (χ2v) is 7.07. The Labute approximate surface area is 164 Å². The van der Waals surface area contributed by atoms with E-state index in [1.165, 1.54) is 11.3 Å². The van der Waals surface area contributed by atoms with Gasteiger partial charge in [0.2, 0.25) is 0 Å². The summed E-state index contributed by atoms with van der Waals surface area (Å²) in [6, 6.07) is 18.5. The maximum atomic E-state index is 12.2. The quantitative estimate of drug-likeness (QED) is 0.514. The lowest BCUT2D eigenvalue weighted by atomic mass is 10.1. The highest BCUT2D eigenvalue weighted by Gasteiger charge is 2.13. The minimum atomic E-state index is -0.546. The predicted octanol–water partition coefficient (Wildman–Crippen LogP) is 4.25. The maximum Gasteiger partial charge on any atom is 0.338 e. The van der Waals surface area contributed by atoms with Crippen LogP contribution in [0.1, 0.15) is 10.4 Å². The molecule has 1 aromatic heterocycles. The lowest BCUT2D eigenvalue weighted by molar-refractivity contribution is -0.119. The molecule has 0 spiro atoms. The number of hydrogen-bond acceptors (Lipinski definition) is 6. The number of benzene rings is 3. The molecule has 0 unspecified atom stereocenters. The van der Waals surface area contributed by atoms with Gasteiger partial charge >= 0.3 is 5.97 Å². The molecule has 1 amide bonds. The fraction of sp³-hybridized carbons (Fsp3) is 0.0952. The molecular formula is C21H16N2O4S. The molecule has 4 aromatic rings. The molecule has 0 saturated carbocycles. The number of esters is 1. The van der Waals surface area contributed by atoms with Crippen LogP contribution in [-0.2, 0) is 9.53 Å². The number of hydrogen-bond donors (Lipinski definition) is 1. The van der Waals surface area contributed by atoms with Crippen molar-refractivity contribution in [1.82, 2.24) is 4.98 Å². The number of nitrogens with one attached hydrogen (secondary N) is 1. The van der Waals surface area contributed by atoms with Gasteiger partial charge < -0.3 is 9.47 Å². The summed E-state index contributed by atoms with van der Waals surface area (Å²) in [7, 11) is 1.59. The molecule has 4 rings (SSSR count). The Morgan fingerprint density at radius 1 is 1.04 bits per heavy atom. The third kappa shape index (κ3) is 3.79. The molecule has 0 radical (unpaired) electrons. The minimum absolute atomic E-state index is 0.384. The SMILES string of the molecule is COc1ccc2nc(NC(=O)COC(=O)c3ccc4ccccc4c3)sc2c1. The Kier molecular flexibility index (Phi) is 4.90. The number of methoxy groups -OCH3 is 1. The predicted molar refractivity (Wildman–Crippen MR) is 109 cm³/mol. The zero-order valence-corrected chi connectivity index (χ0v) is 15.8. The van der Waals surface area contributed by atoms with Gasteiger partial charge in [-0.05, 0) is 41.1 Å². The smallest absolute Gasteiger partial charge is 0.338 e. The normalized spacial score (nSPS) is 10.8. The number of nitrogens with zero attached hydrogens (tertiary/aromatic N) is 1. The molecule has 3 aromatic carbocycles. The topological polar surface area (TPSA) is 77.5 Å². The Balaban J connectivity index is 1.38. The molecule has 1 heterocycles. The number of aromatic nitrogens is 1. The summed E-state index contributed by atoms with van der Waals surface area (Å²) in [6.07, 6.45) is 0. The van der Waals surface area contributed by atoms with E-state index in [-0.39, 0.29) is 6.61 Å². The van der Waals surface area contributed by atoms with Gasteiger partial charge in [-0.25, -0.2) is 9.78 Å². The van der Waals surface area contributed by atoms with Gasteiger partial charge in [0.25, 0.3) is 5.91 Å². The van der Waals surface area contributed by atoms with Gasteiger partial charge in [0, 0.05) is 0 Å². The van der Waals surface area contributed by atoms with Crippen LogP contribution in [-0.4, -0.2) is 30.6 Å². The Hall–Kier alpha value is -3.45. The molecule has 0 fully saturated rings. The van der Waals surface area contributed by atoms with Crippen LogP contribution in [0.3, 0.4) is 0 Å². The zero-order chi connectivity index (χ0) is 19.5. The summed E-state index contributed by atoms with van der Waals surface area (Å²) in [6.45, 7) is -0.384. The number of ether oxygens (including phenoxy) is 2. The number of thiazole rings is 1. The highest BCUT2D eigenvalue weighted by Crippen LogP contribution is 2.29. The molecule has 28 heavy (non-hydrogen) atoms. The standard InChI is InChI=1S/C21H16N2O4S/c1-26-16-8-9-17-18(11-16)28-21(22-17)23-19(24)12-27-20(25)15-7-6-13-4-2-3-5-14(13)10-15/h2-11H,12H2,1H3,(H,22,23,24). The number of amides is 1. The maximum absolute atomic E-state index is 12.2. The van der Waals surface area contributed by atoms with E-state index in [0.29, 0.717) is 10.7 Å². The highest BCUT2D eigenvalue weighted by atomic mass is 32.1. The monoisotopic (exact) mass is 392 g/mol. The van der Waals surface area contributed by atoms with Gasteiger partial charge in [0.05, 0.1) is 22.9 Å². The first-order valence-corrected chi connectivity index (χ1v) is 9.34. The van der Waals surface area contributed by atoms with E-state index in [1.54, 1.807) is 25.3 Å². The lowest BCUT2D eigenvalue weighted by Crippen LogP contribution is -2.20. The molecule has 0 saturated heterocycles. The van der Waals surface area contributed by atoms with E-state index >= 15 is 0 Å². The van der Waals surface area contributed by atoms with Crippen molar-refractivity contribution >= 4 is 49.3 Å². The van der Waals surface area contributed by atoms with E-state index in [2.05, 4.69) is 10.3 Å². The molecule has 0 bridgehead atoms. The van der Waals surface area contributed by atoms with E-state index in [0.717, 1.165) is 26.7 Å². The van der Waals surface area contributed by atoms with E-state index in [4.69, 9.17) is 9.47 Å². The Bertz CT molecular complexity index is 1190. The fourth-order valence-electron chi connectivity index (χ4n) is 2.77. The summed E-state index contributed by atoms with van der Waals surface area (Å²) < 4.78 is 11.2. The van der Waals surface area contributed by atoms with Crippen LogP contribution in [0.5, 0.6) is 5.75 Å². The Morgan fingerprint density at radius 3 is 2.68 bits per heavy atom. The summed E-state index contributed by atoms with van der Waals surface area (Å²) in [5.74, 6) is -0.270. The molecule has 140 valence electrons. The first-order valence-electron chi connectivity index (χ1n) is 8.53. The van der Waals surface area contributed by atoms with E-state index < -0.39 is 11.9 Å². The van der Waals surface area contributed by atoms with Crippen molar-refractivity contribution in [3.05, 3.63) is 66.2 Å².